The highest BCUT2D eigenvalue weighted by molar-refractivity contribution is 7.99. The van der Waals surface area contributed by atoms with Crippen LogP contribution in [0.25, 0.3) is 0 Å². The molecule has 1 saturated carbocycles. The van der Waals surface area contributed by atoms with Crippen molar-refractivity contribution in [2.75, 3.05) is 11.5 Å². The fraction of sp³-hybridized carbons (Fsp3) is 0.455. The van der Waals surface area contributed by atoms with E-state index in [1.54, 1.807) is 6.07 Å². The fourth-order valence-corrected chi connectivity index (χ4v) is 3.07. The van der Waals surface area contributed by atoms with Crippen LogP contribution in [0.15, 0.2) is 22.3 Å². The van der Waals surface area contributed by atoms with Crippen LogP contribution in [-0.2, 0) is 0 Å². The van der Waals surface area contributed by atoms with E-state index in [2.05, 4.69) is 20.5 Å². The van der Waals surface area contributed by atoms with Crippen LogP contribution < -0.4 is 11.5 Å². The average Bonchev–Trinajstić information content (AvgIpc) is 3.04. The predicted octanol–water partition coefficient (Wildman–Crippen LogP) is 1.50. The lowest BCUT2D eigenvalue weighted by Crippen LogP contribution is -2.08. The second kappa shape index (κ2) is 5.04. The maximum absolute atomic E-state index is 5.70. The first-order chi connectivity index (χ1) is 9.24. The second-order valence-electron chi connectivity index (χ2n) is 4.57. The average molecular weight is 277 g/mol. The van der Waals surface area contributed by atoms with Gasteiger partial charge in [0.1, 0.15) is 10.8 Å². The van der Waals surface area contributed by atoms with Gasteiger partial charge in [-0.15, -0.1) is 5.10 Å². The Kier molecular flexibility index (Phi) is 3.24. The Hall–Kier alpha value is -1.83. The quantitative estimate of drug-likeness (QED) is 0.874. The third-order valence-corrected chi connectivity index (χ3v) is 4.15. The number of anilines is 2. The van der Waals surface area contributed by atoms with Crippen LogP contribution in [-0.4, -0.2) is 25.2 Å². The summed E-state index contributed by atoms with van der Waals surface area (Å²) in [6, 6.07) is 3.97. The molecule has 0 atom stereocenters. The van der Waals surface area contributed by atoms with Crippen LogP contribution in [0.3, 0.4) is 0 Å². The summed E-state index contributed by atoms with van der Waals surface area (Å²) in [6.07, 6.45) is 4.75. The summed E-state index contributed by atoms with van der Waals surface area (Å²) < 4.78 is 1.89. The summed E-state index contributed by atoms with van der Waals surface area (Å²) >= 11 is 1.41. The van der Waals surface area contributed by atoms with Gasteiger partial charge in [0.05, 0.1) is 11.7 Å². The number of nitrogens with zero attached hydrogens (tertiary/aromatic N) is 5. The molecule has 4 N–H and O–H groups in total. The van der Waals surface area contributed by atoms with Crippen molar-refractivity contribution in [2.45, 2.75) is 41.9 Å². The Balaban J connectivity index is 1.83. The summed E-state index contributed by atoms with van der Waals surface area (Å²) in [4.78, 5) is 4.22. The second-order valence-corrected chi connectivity index (χ2v) is 5.56. The van der Waals surface area contributed by atoms with Crippen LogP contribution in [0.5, 0.6) is 0 Å². The minimum absolute atomic E-state index is 0.338. The van der Waals surface area contributed by atoms with E-state index < -0.39 is 0 Å². The van der Waals surface area contributed by atoms with E-state index in [1.807, 2.05) is 10.7 Å². The first-order valence-electron chi connectivity index (χ1n) is 6.22. The molecule has 0 radical (unpaired) electrons. The van der Waals surface area contributed by atoms with Crippen molar-refractivity contribution in [3.8, 4) is 0 Å². The van der Waals surface area contributed by atoms with E-state index in [1.165, 1.54) is 24.6 Å². The minimum atomic E-state index is 0.338. The summed E-state index contributed by atoms with van der Waals surface area (Å²) in [5.74, 6) is 0.338. The molecule has 0 aliphatic heterocycles. The molecule has 0 spiro atoms. The SMILES string of the molecule is Nc1ccc(Sc2nnnn2C2CCCC2)nc1N. The maximum atomic E-state index is 5.70. The summed E-state index contributed by atoms with van der Waals surface area (Å²) in [5, 5.41) is 13.4. The predicted molar refractivity (Wildman–Crippen MR) is 72.5 cm³/mol. The minimum Gasteiger partial charge on any atom is -0.396 e. The lowest BCUT2D eigenvalue weighted by atomic mass is 10.3. The van der Waals surface area contributed by atoms with Gasteiger partial charge in [0, 0.05) is 0 Å². The maximum Gasteiger partial charge on any atom is 0.215 e. The van der Waals surface area contributed by atoms with Gasteiger partial charge in [0.25, 0.3) is 0 Å². The topological polar surface area (TPSA) is 109 Å². The van der Waals surface area contributed by atoms with Crippen LogP contribution >= 0.6 is 11.8 Å². The number of aromatic nitrogens is 5. The number of pyridine rings is 1. The van der Waals surface area contributed by atoms with Gasteiger partial charge in [-0.2, -0.15) is 0 Å². The highest BCUT2D eigenvalue weighted by Crippen LogP contribution is 2.33. The number of nitrogens with two attached hydrogens (primary N) is 2. The van der Waals surface area contributed by atoms with E-state index in [4.69, 9.17) is 11.5 Å². The first-order valence-corrected chi connectivity index (χ1v) is 7.03. The molecule has 1 fully saturated rings. The largest absolute Gasteiger partial charge is 0.396 e. The number of rotatable bonds is 3. The van der Waals surface area contributed by atoms with Gasteiger partial charge in [0.2, 0.25) is 5.16 Å². The molecule has 3 rings (SSSR count). The molecule has 1 aliphatic carbocycles. The molecule has 0 aromatic carbocycles. The van der Waals surface area contributed by atoms with Gasteiger partial charge in [0.15, 0.2) is 0 Å². The summed E-state index contributed by atoms with van der Waals surface area (Å²) in [5.41, 5.74) is 11.8. The molecule has 0 saturated heterocycles. The van der Waals surface area contributed by atoms with Crippen LogP contribution in [0.1, 0.15) is 31.7 Å². The van der Waals surface area contributed by atoms with Gasteiger partial charge < -0.3 is 11.5 Å². The van der Waals surface area contributed by atoms with Gasteiger partial charge >= 0.3 is 0 Å². The highest BCUT2D eigenvalue weighted by Gasteiger charge is 2.22. The Morgan fingerprint density at radius 2 is 2.00 bits per heavy atom. The first kappa shape index (κ1) is 12.2. The number of nitrogen functional groups attached to an aromatic ring is 2. The number of tetrazole rings is 1. The summed E-state index contributed by atoms with van der Waals surface area (Å²) in [6.45, 7) is 0. The van der Waals surface area contributed by atoms with E-state index in [0.717, 1.165) is 23.0 Å². The zero-order valence-corrected chi connectivity index (χ0v) is 11.2. The molecule has 8 heteroatoms. The molecular formula is C11H15N7S. The van der Waals surface area contributed by atoms with Gasteiger partial charge in [-0.25, -0.2) is 9.67 Å². The van der Waals surface area contributed by atoms with Gasteiger partial charge in [-0.1, -0.05) is 12.8 Å². The zero-order chi connectivity index (χ0) is 13.2. The molecule has 2 aromatic heterocycles. The molecule has 0 bridgehead atoms. The third-order valence-electron chi connectivity index (χ3n) is 3.26. The van der Waals surface area contributed by atoms with Gasteiger partial charge in [-0.3, -0.25) is 0 Å². The fourth-order valence-electron chi connectivity index (χ4n) is 2.25. The van der Waals surface area contributed by atoms with Crippen LogP contribution in [0.2, 0.25) is 0 Å². The van der Waals surface area contributed by atoms with Crippen LogP contribution in [0.4, 0.5) is 11.5 Å². The lowest BCUT2D eigenvalue weighted by molar-refractivity contribution is 0.423. The molecule has 2 aromatic rings. The molecular weight excluding hydrogens is 262 g/mol. The Morgan fingerprint density at radius 3 is 2.74 bits per heavy atom. The Morgan fingerprint density at radius 1 is 1.21 bits per heavy atom. The van der Waals surface area contributed by atoms with Crippen molar-refractivity contribution < 1.29 is 0 Å². The van der Waals surface area contributed by atoms with Gasteiger partial charge in [-0.05, 0) is 47.2 Å². The molecule has 7 nitrogen and oxygen atoms in total. The molecule has 19 heavy (non-hydrogen) atoms. The molecule has 0 amide bonds. The van der Waals surface area contributed by atoms with E-state index in [-0.39, 0.29) is 0 Å². The normalized spacial score (nSPS) is 16.0. The van der Waals surface area contributed by atoms with Crippen molar-refractivity contribution in [1.29, 1.82) is 0 Å². The smallest absolute Gasteiger partial charge is 0.215 e. The molecule has 0 unspecified atom stereocenters. The Labute approximate surface area is 114 Å². The third kappa shape index (κ3) is 2.48. The van der Waals surface area contributed by atoms with Crippen molar-refractivity contribution in [3.63, 3.8) is 0 Å². The van der Waals surface area contributed by atoms with Crippen LogP contribution in [0, 0.1) is 0 Å². The van der Waals surface area contributed by atoms with Crippen molar-refractivity contribution in [2.24, 2.45) is 0 Å². The molecule has 2 heterocycles. The Bertz CT molecular complexity index is 576. The molecule has 1 aliphatic rings. The lowest BCUT2D eigenvalue weighted by Gasteiger charge is -2.10. The van der Waals surface area contributed by atoms with Crippen molar-refractivity contribution >= 4 is 23.3 Å². The summed E-state index contributed by atoms with van der Waals surface area (Å²) in [7, 11) is 0. The van der Waals surface area contributed by atoms with Crippen molar-refractivity contribution in [1.82, 2.24) is 25.2 Å². The van der Waals surface area contributed by atoms with E-state index in [0.29, 0.717) is 17.5 Å². The monoisotopic (exact) mass is 277 g/mol. The zero-order valence-electron chi connectivity index (χ0n) is 10.4. The molecule has 100 valence electrons. The number of hydrogen-bond acceptors (Lipinski definition) is 7. The van der Waals surface area contributed by atoms with E-state index in [9.17, 15) is 0 Å². The van der Waals surface area contributed by atoms with E-state index >= 15 is 0 Å². The standard InChI is InChI=1S/C11H15N7S/c12-8-5-6-9(14-10(8)13)19-11-15-16-17-18(11)7-3-1-2-4-7/h5-7H,1-4,12H2,(H2,13,14). The number of hydrogen-bond donors (Lipinski definition) is 2. The van der Waals surface area contributed by atoms with Crippen molar-refractivity contribution in [3.05, 3.63) is 12.1 Å². The highest BCUT2D eigenvalue weighted by atomic mass is 32.2.